The Bertz CT molecular complexity index is 847. The molecule has 1 amide bonds. The van der Waals surface area contributed by atoms with E-state index in [4.69, 9.17) is 4.74 Å². The SMILES string of the molecule is CCC(C)NC(=O)c1ccc(Oc2nc(Cc3ccccc3)ns2)cc1. The van der Waals surface area contributed by atoms with Gasteiger partial charge in [0.15, 0.2) is 5.82 Å². The number of carbonyl (C=O) groups is 1. The second-order valence-electron chi connectivity index (χ2n) is 6.05. The highest BCUT2D eigenvalue weighted by Gasteiger charge is 2.10. The summed E-state index contributed by atoms with van der Waals surface area (Å²) in [6.07, 6.45) is 1.57. The first-order valence-corrected chi connectivity index (χ1v) is 9.36. The van der Waals surface area contributed by atoms with Gasteiger partial charge in [0.25, 0.3) is 11.1 Å². The summed E-state index contributed by atoms with van der Waals surface area (Å²) in [5.74, 6) is 1.29. The molecular formula is C20H21N3O2S. The Morgan fingerprint density at radius 1 is 1.15 bits per heavy atom. The summed E-state index contributed by atoms with van der Waals surface area (Å²) in [5, 5.41) is 3.43. The number of benzene rings is 2. The van der Waals surface area contributed by atoms with Gasteiger partial charge >= 0.3 is 0 Å². The smallest absolute Gasteiger partial charge is 0.298 e. The first kappa shape index (κ1) is 18.1. The molecule has 1 aromatic heterocycles. The predicted molar refractivity (Wildman–Crippen MR) is 103 cm³/mol. The van der Waals surface area contributed by atoms with Gasteiger partial charge in [-0.25, -0.2) is 0 Å². The quantitative estimate of drug-likeness (QED) is 0.670. The first-order chi connectivity index (χ1) is 12.6. The van der Waals surface area contributed by atoms with Crippen LogP contribution in [0.5, 0.6) is 10.9 Å². The van der Waals surface area contributed by atoms with E-state index < -0.39 is 0 Å². The second-order valence-corrected chi connectivity index (χ2v) is 6.76. The molecule has 26 heavy (non-hydrogen) atoms. The molecule has 0 saturated heterocycles. The molecule has 2 aromatic carbocycles. The third-order valence-electron chi connectivity index (χ3n) is 3.97. The van der Waals surface area contributed by atoms with Crippen molar-refractivity contribution in [2.75, 3.05) is 0 Å². The predicted octanol–water partition coefficient (Wildman–Crippen LogP) is 4.45. The fraction of sp³-hybridized carbons (Fsp3) is 0.250. The molecule has 3 aromatic rings. The molecule has 0 aliphatic rings. The van der Waals surface area contributed by atoms with E-state index in [0.29, 0.717) is 22.9 Å². The topological polar surface area (TPSA) is 64.1 Å². The van der Waals surface area contributed by atoms with E-state index in [2.05, 4.69) is 14.7 Å². The van der Waals surface area contributed by atoms with E-state index in [0.717, 1.165) is 17.8 Å². The Balaban J connectivity index is 1.60. The molecule has 0 aliphatic heterocycles. The minimum absolute atomic E-state index is 0.0769. The van der Waals surface area contributed by atoms with Gasteiger partial charge in [-0.2, -0.15) is 9.36 Å². The molecule has 0 fully saturated rings. The highest BCUT2D eigenvalue weighted by molar-refractivity contribution is 7.07. The number of nitrogens with zero attached hydrogens (tertiary/aromatic N) is 2. The fourth-order valence-corrected chi connectivity index (χ4v) is 2.88. The van der Waals surface area contributed by atoms with Crippen LogP contribution < -0.4 is 10.1 Å². The van der Waals surface area contributed by atoms with Gasteiger partial charge in [-0.1, -0.05) is 37.3 Å². The van der Waals surface area contributed by atoms with E-state index in [1.165, 1.54) is 11.5 Å². The summed E-state index contributed by atoms with van der Waals surface area (Å²) in [6, 6.07) is 17.3. The molecule has 0 radical (unpaired) electrons. The number of amides is 1. The zero-order valence-corrected chi connectivity index (χ0v) is 15.6. The molecule has 1 heterocycles. The van der Waals surface area contributed by atoms with E-state index in [-0.39, 0.29) is 11.9 Å². The molecule has 6 heteroatoms. The van der Waals surface area contributed by atoms with Gasteiger partial charge in [-0.05, 0) is 43.2 Å². The van der Waals surface area contributed by atoms with Crippen molar-refractivity contribution in [1.82, 2.24) is 14.7 Å². The molecule has 1 N–H and O–H groups in total. The van der Waals surface area contributed by atoms with Gasteiger partial charge in [0, 0.05) is 29.6 Å². The average Bonchev–Trinajstić information content (AvgIpc) is 3.09. The van der Waals surface area contributed by atoms with Crippen molar-refractivity contribution >= 4 is 17.4 Å². The number of carbonyl (C=O) groups excluding carboxylic acids is 1. The van der Waals surface area contributed by atoms with Crippen LogP contribution >= 0.6 is 11.5 Å². The number of hydrogen-bond donors (Lipinski definition) is 1. The normalized spacial score (nSPS) is 11.8. The van der Waals surface area contributed by atoms with Crippen molar-refractivity contribution in [3.05, 3.63) is 71.5 Å². The van der Waals surface area contributed by atoms with Crippen molar-refractivity contribution in [3.63, 3.8) is 0 Å². The lowest BCUT2D eigenvalue weighted by Crippen LogP contribution is -2.31. The van der Waals surface area contributed by atoms with Gasteiger partial charge in [0.2, 0.25) is 0 Å². The zero-order chi connectivity index (χ0) is 18.4. The van der Waals surface area contributed by atoms with Crippen LogP contribution in [-0.4, -0.2) is 21.3 Å². The lowest BCUT2D eigenvalue weighted by atomic mass is 10.1. The third-order valence-corrected chi connectivity index (χ3v) is 4.60. The van der Waals surface area contributed by atoms with Crippen LogP contribution in [0.4, 0.5) is 0 Å². The van der Waals surface area contributed by atoms with Crippen molar-refractivity contribution in [2.45, 2.75) is 32.7 Å². The van der Waals surface area contributed by atoms with Gasteiger partial charge < -0.3 is 10.1 Å². The highest BCUT2D eigenvalue weighted by atomic mass is 32.1. The summed E-state index contributed by atoms with van der Waals surface area (Å²) in [5.41, 5.74) is 1.77. The molecule has 0 saturated carbocycles. The maximum atomic E-state index is 12.1. The monoisotopic (exact) mass is 367 g/mol. The summed E-state index contributed by atoms with van der Waals surface area (Å²) in [7, 11) is 0. The van der Waals surface area contributed by atoms with Crippen LogP contribution in [0.2, 0.25) is 0 Å². The van der Waals surface area contributed by atoms with E-state index >= 15 is 0 Å². The first-order valence-electron chi connectivity index (χ1n) is 8.59. The van der Waals surface area contributed by atoms with Crippen LogP contribution in [0.1, 0.15) is 42.0 Å². The molecule has 0 spiro atoms. The average molecular weight is 367 g/mol. The number of ether oxygens (including phenoxy) is 1. The number of nitrogens with one attached hydrogen (secondary N) is 1. The van der Waals surface area contributed by atoms with E-state index in [1.807, 2.05) is 44.2 Å². The standard InChI is InChI=1S/C20H21N3O2S/c1-3-14(2)21-19(24)16-9-11-17(12-10-16)25-20-22-18(23-26-20)13-15-7-5-4-6-8-15/h4-12,14H,3,13H2,1-2H3,(H,21,24). The van der Waals surface area contributed by atoms with E-state index in [1.54, 1.807) is 24.3 Å². The Kier molecular flexibility index (Phi) is 5.96. The Morgan fingerprint density at radius 2 is 1.88 bits per heavy atom. The van der Waals surface area contributed by atoms with Gasteiger partial charge in [-0.15, -0.1) is 0 Å². The molecule has 0 bridgehead atoms. The number of aromatic nitrogens is 2. The summed E-state index contributed by atoms with van der Waals surface area (Å²) in [4.78, 5) is 16.5. The molecular weight excluding hydrogens is 346 g/mol. The Morgan fingerprint density at radius 3 is 2.58 bits per heavy atom. The minimum Gasteiger partial charge on any atom is -0.430 e. The molecule has 134 valence electrons. The molecule has 5 nitrogen and oxygen atoms in total. The Labute approximate surface area is 157 Å². The minimum atomic E-state index is -0.0769. The van der Waals surface area contributed by atoms with Gasteiger partial charge in [-0.3, -0.25) is 4.79 Å². The maximum Gasteiger partial charge on any atom is 0.298 e. The lowest BCUT2D eigenvalue weighted by molar-refractivity contribution is 0.0939. The molecule has 1 unspecified atom stereocenters. The summed E-state index contributed by atoms with van der Waals surface area (Å²) in [6.45, 7) is 4.02. The molecule has 1 atom stereocenters. The summed E-state index contributed by atoms with van der Waals surface area (Å²) < 4.78 is 10.1. The Hall–Kier alpha value is -2.73. The van der Waals surface area contributed by atoms with Crippen molar-refractivity contribution in [3.8, 4) is 10.9 Å². The van der Waals surface area contributed by atoms with Crippen LogP contribution in [0.3, 0.4) is 0 Å². The molecule has 3 rings (SSSR count). The molecule has 0 aliphatic carbocycles. The second kappa shape index (κ2) is 8.58. The highest BCUT2D eigenvalue weighted by Crippen LogP contribution is 2.24. The number of rotatable bonds is 7. The van der Waals surface area contributed by atoms with Crippen molar-refractivity contribution in [1.29, 1.82) is 0 Å². The van der Waals surface area contributed by atoms with Crippen LogP contribution in [0.25, 0.3) is 0 Å². The number of hydrogen-bond acceptors (Lipinski definition) is 5. The van der Waals surface area contributed by atoms with E-state index in [9.17, 15) is 4.79 Å². The lowest BCUT2D eigenvalue weighted by Gasteiger charge is -2.11. The van der Waals surface area contributed by atoms with Crippen molar-refractivity contribution < 1.29 is 9.53 Å². The summed E-state index contributed by atoms with van der Waals surface area (Å²) >= 11 is 1.22. The van der Waals surface area contributed by atoms with Gasteiger partial charge in [0.1, 0.15) is 5.75 Å². The van der Waals surface area contributed by atoms with Crippen molar-refractivity contribution in [2.24, 2.45) is 0 Å². The van der Waals surface area contributed by atoms with Crippen LogP contribution in [-0.2, 0) is 6.42 Å². The maximum absolute atomic E-state index is 12.1. The third kappa shape index (κ3) is 4.89. The zero-order valence-electron chi connectivity index (χ0n) is 14.8. The van der Waals surface area contributed by atoms with Crippen LogP contribution in [0.15, 0.2) is 54.6 Å². The van der Waals surface area contributed by atoms with Gasteiger partial charge in [0.05, 0.1) is 0 Å². The fourth-order valence-electron chi connectivity index (χ4n) is 2.31. The largest absolute Gasteiger partial charge is 0.430 e. The van der Waals surface area contributed by atoms with Crippen LogP contribution in [0, 0.1) is 0 Å².